The van der Waals surface area contributed by atoms with Crippen molar-refractivity contribution in [1.29, 1.82) is 0 Å². The molecule has 0 aromatic heterocycles. The minimum Gasteiger partial charge on any atom is -0.426 e. The third-order valence-corrected chi connectivity index (χ3v) is 4.80. The molecule has 3 rings (SSSR count). The van der Waals surface area contributed by atoms with Crippen molar-refractivity contribution in [3.05, 3.63) is 60.2 Å². The molecule has 0 aliphatic carbocycles. The number of hydrogen-bond donors (Lipinski definition) is 0. The molecule has 0 spiro atoms. The molecule has 4 nitrogen and oxygen atoms in total. The fraction of sp³-hybridized carbons (Fsp3) is 0.333. The highest BCUT2D eigenvalue weighted by molar-refractivity contribution is 5.99. The van der Waals surface area contributed by atoms with Crippen molar-refractivity contribution < 1.29 is 14.3 Å². The van der Waals surface area contributed by atoms with Gasteiger partial charge in [-0.2, -0.15) is 0 Å². The van der Waals surface area contributed by atoms with Crippen LogP contribution in [0.1, 0.15) is 38.2 Å². The van der Waals surface area contributed by atoms with Gasteiger partial charge in [0, 0.05) is 18.7 Å². The van der Waals surface area contributed by atoms with Crippen LogP contribution in [0.3, 0.4) is 0 Å². The lowest BCUT2D eigenvalue weighted by atomic mass is 9.98. The summed E-state index contributed by atoms with van der Waals surface area (Å²) in [5.41, 5.74) is 1.85. The van der Waals surface area contributed by atoms with Crippen molar-refractivity contribution in [3.63, 3.8) is 0 Å². The Balaban J connectivity index is 1.72. The smallest absolute Gasteiger partial charge is 0.316 e. The van der Waals surface area contributed by atoms with Crippen LogP contribution in [-0.4, -0.2) is 18.4 Å². The summed E-state index contributed by atoms with van der Waals surface area (Å²) in [4.78, 5) is 26.5. The van der Waals surface area contributed by atoms with Crippen LogP contribution in [0.2, 0.25) is 0 Å². The molecule has 4 heteroatoms. The number of esters is 1. The number of benzene rings is 2. The number of nitrogens with zero attached hydrogens (tertiary/aromatic N) is 1. The Labute approximate surface area is 148 Å². The molecule has 1 fully saturated rings. The zero-order chi connectivity index (χ0) is 17.8. The summed E-state index contributed by atoms with van der Waals surface area (Å²) in [5, 5.41) is 0. The highest BCUT2D eigenvalue weighted by atomic mass is 16.5. The maximum atomic E-state index is 12.6. The monoisotopic (exact) mass is 337 g/mol. The molecule has 0 N–H and O–H groups in total. The number of carbonyl (C=O) groups is 2. The molecule has 1 saturated heterocycles. The first-order chi connectivity index (χ1) is 12.1. The summed E-state index contributed by atoms with van der Waals surface area (Å²) < 4.78 is 5.67. The van der Waals surface area contributed by atoms with E-state index in [1.807, 2.05) is 54.6 Å². The number of hydrogen-bond acceptors (Lipinski definition) is 3. The van der Waals surface area contributed by atoms with Gasteiger partial charge in [-0.1, -0.05) is 50.2 Å². The lowest BCUT2D eigenvalue weighted by molar-refractivity contribution is -0.139. The molecule has 2 atom stereocenters. The van der Waals surface area contributed by atoms with Crippen LogP contribution in [-0.2, 0) is 9.59 Å². The molecule has 1 aliphatic heterocycles. The molecule has 2 aromatic rings. The van der Waals surface area contributed by atoms with Gasteiger partial charge in [0.25, 0.3) is 0 Å². The van der Waals surface area contributed by atoms with E-state index in [9.17, 15) is 9.59 Å². The van der Waals surface area contributed by atoms with Gasteiger partial charge in [-0.15, -0.1) is 0 Å². The van der Waals surface area contributed by atoms with E-state index < -0.39 is 5.92 Å². The van der Waals surface area contributed by atoms with Crippen LogP contribution < -0.4 is 9.64 Å². The average Bonchev–Trinajstić information content (AvgIpc) is 3.04. The second-order valence-electron chi connectivity index (χ2n) is 6.51. The largest absolute Gasteiger partial charge is 0.426 e. The minimum atomic E-state index is -0.433. The van der Waals surface area contributed by atoms with Crippen LogP contribution in [0, 0.1) is 5.92 Å². The van der Waals surface area contributed by atoms with Gasteiger partial charge in [0.2, 0.25) is 5.91 Å². The molecular weight excluding hydrogens is 314 g/mol. The molecular formula is C21H23NO3. The summed E-state index contributed by atoms with van der Waals surface area (Å²) >= 11 is 0. The zero-order valence-electron chi connectivity index (χ0n) is 14.6. The lowest BCUT2D eigenvalue weighted by Crippen LogP contribution is -2.27. The molecule has 0 saturated carbocycles. The van der Waals surface area contributed by atoms with Crippen molar-refractivity contribution in [2.75, 3.05) is 11.4 Å². The molecule has 1 heterocycles. The predicted octanol–water partition coefficient (Wildman–Crippen LogP) is 4.16. The second kappa shape index (κ2) is 7.51. The van der Waals surface area contributed by atoms with E-state index >= 15 is 0 Å². The van der Waals surface area contributed by atoms with Gasteiger partial charge in [-0.3, -0.25) is 9.59 Å². The fourth-order valence-electron chi connectivity index (χ4n) is 3.12. The number of anilines is 1. The van der Waals surface area contributed by atoms with Gasteiger partial charge >= 0.3 is 5.97 Å². The van der Waals surface area contributed by atoms with Crippen molar-refractivity contribution in [3.8, 4) is 5.75 Å². The third kappa shape index (κ3) is 3.73. The highest BCUT2D eigenvalue weighted by Gasteiger charge is 2.36. The number of amides is 1. The van der Waals surface area contributed by atoms with E-state index in [0.29, 0.717) is 18.2 Å². The standard InChI is InChI=1S/C21H23NO3/c1-3-15(2)18-11-7-8-12-19(18)25-21(24)16-13-20(23)22(14-16)17-9-5-4-6-10-17/h4-12,15-16H,3,13-14H2,1-2H3/t15-,16+/m1/s1. The first kappa shape index (κ1) is 17.2. The topological polar surface area (TPSA) is 46.6 Å². The molecule has 1 amide bonds. The molecule has 1 aliphatic rings. The summed E-state index contributed by atoms with van der Waals surface area (Å²) in [6, 6.07) is 17.1. The Morgan fingerprint density at radius 3 is 2.56 bits per heavy atom. The van der Waals surface area contributed by atoms with Gasteiger partial charge in [0.05, 0.1) is 5.92 Å². The van der Waals surface area contributed by atoms with Crippen LogP contribution in [0.15, 0.2) is 54.6 Å². The summed E-state index contributed by atoms with van der Waals surface area (Å²) in [5.74, 6) is 0.117. The summed E-state index contributed by atoms with van der Waals surface area (Å²) in [6.07, 6.45) is 1.16. The van der Waals surface area contributed by atoms with Crippen molar-refractivity contribution in [2.24, 2.45) is 5.92 Å². The minimum absolute atomic E-state index is 0.0386. The first-order valence-electron chi connectivity index (χ1n) is 8.76. The third-order valence-electron chi connectivity index (χ3n) is 4.80. The molecule has 25 heavy (non-hydrogen) atoms. The molecule has 0 bridgehead atoms. The van der Waals surface area contributed by atoms with E-state index in [2.05, 4.69) is 13.8 Å². The number of rotatable bonds is 5. The van der Waals surface area contributed by atoms with E-state index in [1.54, 1.807) is 4.90 Å². The van der Waals surface area contributed by atoms with E-state index in [1.165, 1.54) is 0 Å². The van der Waals surface area contributed by atoms with Crippen LogP contribution in [0.25, 0.3) is 0 Å². The maximum absolute atomic E-state index is 12.6. The number of carbonyl (C=O) groups excluding carboxylic acids is 2. The summed E-state index contributed by atoms with van der Waals surface area (Å²) in [6.45, 7) is 4.59. The zero-order valence-corrected chi connectivity index (χ0v) is 14.6. The van der Waals surface area contributed by atoms with E-state index in [0.717, 1.165) is 17.7 Å². The normalized spacial score (nSPS) is 18.2. The van der Waals surface area contributed by atoms with Crippen molar-refractivity contribution in [2.45, 2.75) is 32.6 Å². The Morgan fingerprint density at radius 1 is 1.16 bits per heavy atom. The highest BCUT2D eigenvalue weighted by Crippen LogP contribution is 2.31. The van der Waals surface area contributed by atoms with Gasteiger partial charge in [0.15, 0.2) is 0 Å². The van der Waals surface area contributed by atoms with Crippen molar-refractivity contribution >= 4 is 17.6 Å². The van der Waals surface area contributed by atoms with Gasteiger partial charge in [-0.25, -0.2) is 0 Å². The van der Waals surface area contributed by atoms with Crippen LogP contribution in [0.4, 0.5) is 5.69 Å². The van der Waals surface area contributed by atoms with Crippen molar-refractivity contribution in [1.82, 2.24) is 0 Å². The van der Waals surface area contributed by atoms with E-state index in [4.69, 9.17) is 4.74 Å². The van der Waals surface area contributed by atoms with Gasteiger partial charge in [-0.05, 0) is 36.1 Å². The molecule has 0 unspecified atom stereocenters. The lowest BCUT2D eigenvalue weighted by Gasteiger charge is -2.17. The second-order valence-corrected chi connectivity index (χ2v) is 6.51. The fourth-order valence-corrected chi connectivity index (χ4v) is 3.12. The maximum Gasteiger partial charge on any atom is 0.316 e. The first-order valence-corrected chi connectivity index (χ1v) is 8.76. The molecule has 2 aromatic carbocycles. The molecule has 130 valence electrons. The van der Waals surface area contributed by atoms with Crippen LogP contribution >= 0.6 is 0 Å². The number of ether oxygens (including phenoxy) is 1. The number of para-hydroxylation sites is 2. The quantitative estimate of drug-likeness (QED) is 0.608. The van der Waals surface area contributed by atoms with Gasteiger partial charge < -0.3 is 9.64 Å². The average molecular weight is 337 g/mol. The summed E-state index contributed by atoms with van der Waals surface area (Å²) in [7, 11) is 0. The van der Waals surface area contributed by atoms with E-state index in [-0.39, 0.29) is 18.3 Å². The van der Waals surface area contributed by atoms with Gasteiger partial charge in [0.1, 0.15) is 5.75 Å². The Morgan fingerprint density at radius 2 is 1.84 bits per heavy atom. The predicted molar refractivity (Wildman–Crippen MR) is 97.7 cm³/mol. The Bertz CT molecular complexity index is 757. The molecule has 0 radical (unpaired) electrons. The Kier molecular flexibility index (Phi) is 5.17. The Hall–Kier alpha value is -2.62. The SMILES string of the molecule is CC[C@@H](C)c1ccccc1OC(=O)[C@H]1CC(=O)N(c2ccccc2)C1. The van der Waals surface area contributed by atoms with Crippen LogP contribution in [0.5, 0.6) is 5.75 Å².